The van der Waals surface area contributed by atoms with Gasteiger partial charge in [-0.3, -0.25) is 9.58 Å². The Hall–Kier alpha value is -0.870. The summed E-state index contributed by atoms with van der Waals surface area (Å²) >= 11 is 0. The molecule has 1 N–H and O–H groups in total. The van der Waals surface area contributed by atoms with Crippen LogP contribution in [0.1, 0.15) is 32.4 Å². The number of nitrogens with one attached hydrogen (secondary N) is 1. The minimum Gasteiger partial charge on any atom is -0.312 e. The van der Waals surface area contributed by atoms with Gasteiger partial charge in [-0.25, -0.2) is 0 Å². The third-order valence-electron chi connectivity index (χ3n) is 3.04. The lowest BCUT2D eigenvalue weighted by molar-refractivity contribution is 0.199. The molecule has 4 heteroatoms. The van der Waals surface area contributed by atoms with Gasteiger partial charge in [-0.1, -0.05) is 0 Å². The van der Waals surface area contributed by atoms with Gasteiger partial charge in [0.05, 0.1) is 6.20 Å². The molecular weight excluding hydrogens is 200 g/mol. The Kier molecular flexibility index (Phi) is 3.61. The van der Waals surface area contributed by atoms with Crippen molar-refractivity contribution < 1.29 is 0 Å². The van der Waals surface area contributed by atoms with Crippen molar-refractivity contribution in [3.05, 3.63) is 18.0 Å². The van der Waals surface area contributed by atoms with Gasteiger partial charge >= 0.3 is 0 Å². The van der Waals surface area contributed by atoms with E-state index in [1.807, 2.05) is 10.9 Å². The standard InChI is InChI=1S/C12H22N4/c1-10(2)16-9-12(6-14-16)8-15-5-4-13-11(3)7-15/h6,9-11,13H,4-5,7-8H2,1-3H3/t11-/m1/s1. The monoisotopic (exact) mass is 222 g/mol. The average Bonchev–Trinajstić information content (AvgIpc) is 2.66. The summed E-state index contributed by atoms with van der Waals surface area (Å²) in [6.45, 7) is 10.9. The molecule has 0 aromatic carbocycles. The molecule has 0 aliphatic carbocycles. The summed E-state index contributed by atoms with van der Waals surface area (Å²) in [7, 11) is 0. The van der Waals surface area contributed by atoms with Crippen LogP contribution < -0.4 is 5.32 Å². The average molecular weight is 222 g/mol. The molecule has 1 aromatic rings. The van der Waals surface area contributed by atoms with Crippen molar-refractivity contribution in [3.8, 4) is 0 Å². The van der Waals surface area contributed by atoms with Crippen LogP contribution in [0.5, 0.6) is 0 Å². The molecule has 2 heterocycles. The second-order valence-electron chi connectivity index (χ2n) is 5.01. The lowest BCUT2D eigenvalue weighted by Gasteiger charge is -2.31. The summed E-state index contributed by atoms with van der Waals surface area (Å²) in [5.74, 6) is 0. The van der Waals surface area contributed by atoms with Crippen LogP contribution in [0.4, 0.5) is 0 Å². The summed E-state index contributed by atoms with van der Waals surface area (Å²) in [5.41, 5.74) is 1.32. The zero-order chi connectivity index (χ0) is 11.5. The molecule has 0 bridgehead atoms. The van der Waals surface area contributed by atoms with Crippen LogP contribution in [-0.4, -0.2) is 40.4 Å². The topological polar surface area (TPSA) is 33.1 Å². The SMILES string of the molecule is CC(C)n1cc(CN2CCN[C@H](C)C2)cn1. The first-order chi connectivity index (χ1) is 7.65. The van der Waals surface area contributed by atoms with E-state index >= 15 is 0 Å². The third kappa shape index (κ3) is 2.83. The smallest absolute Gasteiger partial charge is 0.0534 e. The molecule has 0 saturated carbocycles. The molecule has 1 aliphatic heterocycles. The highest BCUT2D eigenvalue weighted by Gasteiger charge is 2.16. The minimum atomic E-state index is 0.454. The number of hydrogen-bond donors (Lipinski definition) is 1. The number of aromatic nitrogens is 2. The number of piperazine rings is 1. The van der Waals surface area contributed by atoms with Gasteiger partial charge < -0.3 is 5.32 Å². The fourth-order valence-corrected chi connectivity index (χ4v) is 2.16. The lowest BCUT2D eigenvalue weighted by atomic mass is 10.2. The molecule has 4 nitrogen and oxygen atoms in total. The first-order valence-electron chi connectivity index (χ1n) is 6.14. The molecule has 0 radical (unpaired) electrons. The highest BCUT2D eigenvalue weighted by atomic mass is 15.3. The van der Waals surface area contributed by atoms with Crippen LogP contribution in [0.3, 0.4) is 0 Å². The number of rotatable bonds is 3. The Morgan fingerprint density at radius 2 is 2.38 bits per heavy atom. The van der Waals surface area contributed by atoms with E-state index in [4.69, 9.17) is 0 Å². The van der Waals surface area contributed by atoms with Gasteiger partial charge in [-0.2, -0.15) is 5.10 Å². The van der Waals surface area contributed by atoms with Crippen molar-refractivity contribution in [2.24, 2.45) is 0 Å². The van der Waals surface area contributed by atoms with E-state index in [1.54, 1.807) is 0 Å². The maximum absolute atomic E-state index is 4.37. The fraction of sp³-hybridized carbons (Fsp3) is 0.750. The quantitative estimate of drug-likeness (QED) is 0.836. The second-order valence-corrected chi connectivity index (χ2v) is 5.01. The minimum absolute atomic E-state index is 0.454. The molecule has 1 atom stereocenters. The summed E-state index contributed by atoms with van der Waals surface area (Å²) in [6, 6.07) is 1.06. The van der Waals surface area contributed by atoms with E-state index in [1.165, 1.54) is 5.56 Å². The van der Waals surface area contributed by atoms with Gasteiger partial charge in [0.25, 0.3) is 0 Å². The maximum Gasteiger partial charge on any atom is 0.0534 e. The van der Waals surface area contributed by atoms with Gasteiger partial charge in [0.2, 0.25) is 0 Å². The van der Waals surface area contributed by atoms with Crippen molar-refractivity contribution >= 4 is 0 Å². The predicted octanol–water partition coefficient (Wildman–Crippen LogP) is 1.26. The van der Waals surface area contributed by atoms with Crippen molar-refractivity contribution in [1.29, 1.82) is 0 Å². The number of nitrogens with zero attached hydrogens (tertiary/aromatic N) is 3. The fourth-order valence-electron chi connectivity index (χ4n) is 2.16. The van der Waals surface area contributed by atoms with Gasteiger partial charge in [-0.15, -0.1) is 0 Å². The van der Waals surface area contributed by atoms with E-state index in [0.717, 1.165) is 26.2 Å². The largest absolute Gasteiger partial charge is 0.312 e. The first-order valence-corrected chi connectivity index (χ1v) is 6.14. The summed E-state index contributed by atoms with van der Waals surface area (Å²) in [4.78, 5) is 2.49. The summed E-state index contributed by atoms with van der Waals surface area (Å²) < 4.78 is 2.03. The molecule has 2 rings (SSSR count). The Balaban J connectivity index is 1.92. The molecule has 1 fully saturated rings. The Morgan fingerprint density at radius 1 is 1.56 bits per heavy atom. The van der Waals surface area contributed by atoms with E-state index in [-0.39, 0.29) is 0 Å². The molecule has 0 spiro atoms. The van der Waals surface area contributed by atoms with Crippen molar-refractivity contribution in [3.63, 3.8) is 0 Å². The Bertz CT molecular complexity index is 332. The van der Waals surface area contributed by atoms with Crippen molar-refractivity contribution in [1.82, 2.24) is 20.0 Å². The highest BCUT2D eigenvalue weighted by molar-refractivity contribution is 5.04. The van der Waals surface area contributed by atoms with Crippen LogP contribution in [0.15, 0.2) is 12.4 Å². The van der Waals surface area contributed by atoms with E-state index in [2.05, 4.69) is 42.3 Å². The van der Waals surface area contributed by atoms with E-state index in [9.17, 15) is 0 Å². The summed E-state index contributed by atoms with van der Waals surface area (Å²) in [5, 5.41) is 7.83. The molecule has 1 saturated heterocycles. The molecular formula is C12H22N4. The second kappa shape index (κ2) is 4.97. The Labute approximate surface area is 97.6 Å². The third-order valence-corrected chi connectivity index (χ3v) is 3.04. The van der Waals surface area contributed by atoms with Gasteiger partial charge in [-0.05, 0) is 20.8 Å². The highest BCUT2D eigenvalue weighted by Crippen LogP contribution is 2.09. The molecule has 0 unspecified atom stereocenters. The molecule has 16 heavy (non-hydrogen) atoms. The molecule has 0 amide bonds. The van der Waals surface area contributed by atoms with Crippen molar-refractivity contribution in [2.45, 2.75) is 39.4 Å². The predicted molar refractivity (Wildman–Crippen MR) is 65.4 cm³/mol. The van der Waals surface area contributed by atoms with E-state index < -0.39 is 0 Å². The molecule has 1 aromatic heterocycles. The molecule has 90 valence electrons. The maximum atomic E-state index is 4.37. The van der Waals surface area contributed by atoms with Crippen LogP contribution in [0.25, 0.3) is 0 Å². The zero-order valence-corrected chi connectivity index (χ0v) is 10.5. The number of hydrogen-bond acceptors (Lipinski definition) is 3. The molecule has 1 aliphatic rings. The summed E-state index contributed by atoms with van der Waals surface area (Å²) in [6.07, 6.45) is 4.16. The van der Waals surface area contributed by atoms with Crippen LogP contribution in [-0.2, 0) is 6.54 Å². The first kappa shape index (κ1) is 11.6. The Morgan fingerprint density at radius 3 is 3.00 bits per heavy atom. The normalized spacial score (nSPS) is 22.9. The van der Waals surface area contributed by atoms with E-state index in [0.29, 0.717) is 12.1 Å². The zero-order valence-electron chi connectivity index (χ0n) is 10.5. The van der Waals surface area contributed by atoms with Crippen LogP contribution in [0, 0.1) is 0 Å². The van der Waals surface area contributed by atoms with Gasteiger partial charge in [0, 0.05) is 50.0 Å². The van der Waals surface area contributed by atoms with Crippen LogP contribution >= 0.6 is 0 Å². The van der Waals surface area contributed by atoms with Crippen LogP contribution in [0.2, 0.25) is 0 Å². The van der Waals surface area contributed by atoms with Crippen molar-refractivity contribution in [2.75, 3.05) is 19.6 Å². The van der Waals surface area contributed by atoms with Gasteiger partial charge in [0.15, 0.2) is 0 Å². The lowest BCUT2D eigenvalue weighted by Crippen LogP contribution is -2.48. The van der Waals surface area contributed by atoms with Gasteiger partial charge in [0.1, 0.15) is 0 Å².